The molecule has 0 unspecified atom stereocenters. The maximum atomic E-state index is 12.7. The number of para-hydroxylation sites is 1. The van der Waals surface area contributed by atoms with Gasteiger partial charge >= 0.3 is 0 Å². The van der Waals surface area contributed by atoms with Gasteiger partial charge in [-0.05, 0) is 32.4 Å². The van der Waals surface area contributed by atoms with Gasteiger partial charge in [-0.1, -0.05) is 19.1 Å². The van der Waals surface area contributed by atoms with Crippen molar-refractivity contribution in [1.82, 2.24) is 10.2 Å². The lowest BCUT2D eigenvalue weighted by Crippen LogP contribution is -2.40. The van der Waals surface area contributed by atoms with Crippen molar-refractivity contribution in [2.75, 3.05) is 25.5 Å². The van der Waals surface area contributed by atoms with Crippen LogP contribution in [-0.2, 0) is 4.79 Å². The van der Waals surface area contributed by atoms with E-state index in [-0.39, 0.29) is 24.4 Å². The van der Waals surface area contributed by atoms with Gasteiger partial charge in [-0.15, -0.1) is 0 Å². The Morgan fingerprint density at radius 3 is 2.48 bits per heavy atom. The average molecular weight is 291 g/mol. The molecule has 116 valence electrons. The zero-order chi connectivity index (χ0) is 15.8. The zero-order valence-electron chi connectivity index (χ0n) is 13.3. The van der Waals surface area contributed by atoms with E-state index in [1.807, 2.05) is 39.0 Å². The smallest absolute Gasteiger partial charge is 0.256 e. The van der Waals surface area contributed by atoms with Gasteiger partial charge in [0.05, 0.1) is 12.1 Å². The van der Waals surface area contributed by atoms with E-state index in [4.69, 9.17) is 0 Å². The van der Waals surface area contributed by atoms with Crippen LogP contribution >= 0.6 is 0 Å². The van der Waals surface area contributed by atoms with Gasteiger partial charge in [0.2, 0.25) is 5.91 Å². The molecule has 2 amide bonds. The lowest BCUT2D eigenvalue weighted by atomic mass is 10.1. The highest BCUT2D eigenvalue weighted by atomic mass is 16.2. The van der Waals surface area contributed by atoms with Crippen LogP contribution in [0.5, 0.6) is 0 Å². The Hall–Kier alpha value is -2.04. The molecule has 1 aromatic carbocycles. The van der Waals surface area contributed by atoms with Crippen molar-refractivity contribution >= 4 is 17.5 Å². The van der Waals surface area contributed by atoms with Crippen LogP contribution in [0.1, 0.15) is 37.6 Å². The third-order valence-electron chi connectivity index (χ3n) is 3.00. The minimum Gasteiger partial charge on any atom is -0.382 e. The maximum absolute atomic E-state index is 12.7. The van der Waals surface area contributed by atoms with Crippen LogP contribution in [0.4, 0.5) is 5.69 Å². The van der Waals surface area contributed by atoms with Crippen LogP contribution in [-0.4, -0.2) is 42.9 Å². The topological polar surface area (TPSA) is 61.4 Å². The van der Waals surface area contributed by atoms with Crippen LogP contribution in [0.3, 0.4) is 0 Å². The number of nitrogens with one attached hydrogen (secondary N) is 2. The number of carbonyl (C=O) groups excluding carboxylic acids is 2. The van der Waals surface area contributed by atoms with Gasteiger partial charge in [0.25, 0.3) is 5.91 Å². The van der Waals surface area contributed by atoms with Crippen molar-refractivity contribution in [3.05, 3.63) is 29.8 Å². The number of nitrogens with zero attached hydrogens (tertiary/aromatic N) is 1. The zero-order valence-corrected chi connectivity index (χ0v) is 13.3. The second-order valence-electron chi connectivity index (χ2n) is 5.24. The summed E-state index contributed by atoms with van der Waals surface area (Å²) in [6, 6.07) is 7.64. The van der Waals surface area contributed by atoms with Crippen molar-refractivity contribution in [1.29, 1.82) is 0 Å². The Bertz CT molecular complexity index is 486. The predicted molar refractivity (Wildman–Crippen MR) is 85.5 cm³/mol. The number of carbonyl (C=O) groups is 2. The molecule has 0 aromatic heterocycles. The van der Waals surface area contributed by atoms with E-state index >= 15 is 0 Å². The summed E-state index contributed by atoms with van der Waals surface area (Å²) in [5.41, 5.74) is 1.40. The molecule has 0 fully saturated rings. The number of hydrogen-bond acceptors (Lipinski definition) is 3. The van der Waals surface area contributed by atoms with Crippen LogP contribution in [0.25, 0.3) is 0 Å². The molecule has 21 heavy (non-hydrogen) atoms. The molecule has 1 aromatic rings. The van der Waals surface area contributed by atoms with Gasteiger partial charge in [-0.25, -0.2) is 0 Å². The van der Waals surface area contributed by atoms with Gasteiger partial charge < -0.3 is 15.5 Å². The third kappa shape index (κ3) is 5.10. The molecule has 0 saturated heterocycles. The van der Waals surface area contributed by atoms with Crippen molar-refractivity contribution in [2.24, 2.45) is 0 Å². The van der Waals surface area contributed by atoms with E-state index in [9.17, 15) is 9.59 Å². The molecule has 0 heterocycles. The second kappa shape index (κ2) is 8.29. The fourth-order valence-electron chi connectivity index (χ4n) is 2.05. The van der Waals surface area contributed by atoms with Crippen molar-refractivity contribution in [2.45, 2.75) is 33.2 Å². The fourth-order valence-corrected chi connectivity index (χ4v) is 2.05. The normalized spacial score (nSPS) is 10.3. The Labute approximate surface area is 126 Å². The third-order valence-corrected chi connectivity index (χ3v) is 3.00. The Morgan fingerprint density at radius 2 is 1.90 bits per heavy atom. The molecule has 5 heteroatoms. The first-order valence-electron chi connectivity index (χ1n) is 7.35. The number of anilines is 1. The number of amides is 2. The largest absolute Gasteiger partial charge is 0.382 e. The van der Waals surface area contributed by atoms with E-state index in [0.29, 0.717) is 12.1 Å². The summed E-state index contributed by atoms with van der Waals surface area (Å²) in [4.78, 5) is 25.9. The monoisotopic (exact) mass is 291 g/mol. The van der Waals surface area contributed by atoms with Crippen LogP contribution in [0.15, 0.2) is 24.3 Å². The number of likely N-dealkylation sites (N-methyl/N-ethyl adjacent to an activating group) is 1. The van der Waals surface area contributed by atoms with Crippen LogP contribution in [0, 0.1) is 0 Å². The SMILES string of the molecule is CCCN(CC(=O)NC)C(=O)c1ccccc1NC(C)C. The van der Waals surface area contributed by atoms with Crippen molar-refractivity contribution in [3.63, 3.8) is 0 Å². The van der Waals surface area contributed by atoms with Crippen molar-refractivity contribution in [3.8, 4) is 0 Å². The molecule has 2 N–H and O–H groups in total. The minimum atomic E-state index is -0.161. The van der Waals surface area contributed by atoms with Crippen LogP contribution < -0.4 is 10.6 Å². The van der Waals surface area contributed by atoms with E-state index in [1.54, 1.807) is 18.0 Å². The summed E-state index contributed by atoms with van der Waals surface area (Å²) in [5, 5.41) is 5.83. The first-order chi connectivity index (χ1) is 9.99. The molecule has 1 rings (SSSR count). The molecule has 0 radical (unpaired) electrons. The number of rotatable bonds is 7. The molecule has 0 spiro atoms. The number of hydrogen-bond donors (Lipinski definition) is 2. The summed E-state index contributed by atoms with van der Waals surface area (Å²) in [6.07, 6.45) is 0.808. The summed E-state index contributed by atoms with van der Waals surface area (Å²) < 4.78 is 0. The lowest BCUT2D eigenvalue weighted by molar-refractivity contribution is -0.121. The first-order valence-corrected chi connectivity index (χ1v) is 7.35. The summed E-state index contributed by atoms with van der Waals surface area (Å²) in [7, 11) is 1.57. The van der Waals surface area contributed by atoms with E-state index in [2.05, 4.69) is 10.6 Å². The predicted octanol–water partition coefficient (Wildman–Crippen LogP) is 2.11. The standard InChI is InChI=1S/C16H25N3O2/c1-5-10-19(11-15(20)17-4)16(21)13-8-6-7-9-14(13)18-12(2)3/h6-9,12,18H,5,10-11H2,1-4H3,(H,17,20). The summed E-state index contributed by atoms with van der Waals surface area (Å²) in [5.74, 6) is -0.282. The summed E-state index contributed by atoms with van der Waals surface area (Å²) >= 11 is 0. The highest BCUT2D eigenvalue weighted by Gasteiger charge is 2.20. The lowest BCUT2D eigenvalue weighted by Gasteiger charge is -2.23. The highest BCUT2D eigenvalue weighted by Crippen LogP contribution is 2.18. The van der Waals surface area contributed by atoms with Gasteiger partial charge in [0.15, 0.2) is 0 Å². The minimum absolute atomic E-state index is 0.0825. The second-order valence-corrected chi connectivity index (χ2v) is 5.24. The highest BCUT2D eigenvalue weighted by molar-refractivity contribution is 6.01. The quantitative estimate of drug-likeness (QED) is 0.809. The first kappa shape index (κ1) is 17.0. The van der Waals surface area contributed by atoms with Gasteiger partial charge in [-0.2, -0.15) is 0 Å². The summed E-state index contributed by atoms with van der Waals surface area (Å²) in [6.45, 7) is 6.68. The Balaban J connectivity index is 3.00. The molecule has 0 aliphatic carbocycles. The fraction of sp³-hybridized carbons (Fsp3) is 0.500. The van der Waals surface area contributed by atoms with E-state index in [1.165, 1.54) is 0 Å². The Kier molecular flexibility index (Phi) is 6.72. The van der Waals surface area contributed by atoms with Crippen molar-refractivity contribution < 1.29 is 9.59 Å². The molecular formula is C16H25N3O2. The van der Waals surface area contributed by atoms with Crippen LogP contribution in [0.2, 0.25) is 0 Å². The molecule has 5 nitrogen and oxygen atoms in total. The number of benzene rings is 1. The molecule has 0 atom stereocenters. The molecule has 0 bridgehead atoms. The Morgan fingerprint density at radius 1 is 1.24 bits per heavy atom. The molecule has 0 saturated carbocycles. The van der Waals surface area contributed by atoms with Gasteiger partial charge in [0, 0.05) is 25.3 Å². The maximum Gasteiger partial charge on any atom is 0.256 e. The molecular weight excluding hydrogens is 266 g/mol. The van der Waals surface area contributed by atoms with E-state index < -0.39 is 0 Å². The average Bonchev–Trinajstić information content (AvgIpc) is 2.46. The molecule has 0 aliphatic rings. The van der Waals surface area contributed by atoms with Gasteiger partial charge in [-0.3, -0.25) is 9.59 Å². The van der Waals surface area contributed by atoms with Gasteiger partial charge in [0.1, 0.15) is 0 Å². The molecule has 0 aliphatic heterocycles. The van der Waals surface area contributed by atoms with E-state index in [0.717, 1.165) is 12.1 Å².